The molecule has 0 radical (unpaired) electrons. The zero-order valence-electron chi connectivity index (χ0n) is 15.8. The molecule has 1 amide bonds. The van der Waals surface area contributed by atoms with Crippen molar-refractivity contribution < 1.29 is 19.1 Å². The summed E-state index contributed by atoms with van der Waals surface area (Å²) in [6, 6.07) is 21.1. The second-order valence-corrected chi connectivity index (χ2v) is 6.28. The van der Waals surface area contributed by atoms with Crippen molar-refractivity contribution in [1.29, 1.82) is 0 Å². The minimum atomic E-state index is -0.177. The van der Waals surface area contributed by atoms with E-state index in [1.807, 2.05) is 19.1 Å². The van der Waals surface area contributed by atoms with Crippen LogP contribution in [0.4, 0.5) is 5.69 Å². The van der Waals surface area contributed by atoms with Crippen LogP contribution in [0, 0.1) is 6.92 Å². The third-order valence-electron chi connectivity index (χ3n) is 4.21. The number of ether oxygens (including phenoxy) is 2. The molecule has 3 aromatic carbocycles. The number of methoxy groups -OCH3 is 1. The van der Waals surface area contributed by atoms with Crippen molar-refractivity contribution in [3.8, 4) is 11.5 Å². The van der Waals surface area contributed by atoms with Crippen molar-refractivity contribution in [1.82, 2.24) is 0 Å². The molecule has 28 heavy (non-hydrogen) atoms. The van der Waals surface area contributed by atoms with Crippen molar-refractivity contribution in [3.05, 3.63) is 89.5 Å². The molecule has 0 heterocycles. The summed E-state index contributed by atoms with van der Waals surface area (Å²) < 4.78 is 10.6. The molecule has 0 fully saturated rings. The maximum Gasteiger partial charge on any atom is 0.255 e. The average Bonchev–Trinajstić information content (AvgIpc) is 2.73. The topological polar surface area (TPSA) is 64.6 Å². The van der Waals surface area contributed by atoms with Crippen LogP contribution >= 0.6 is 0 Å². The summed E-state index contributed by atoms with van der Waals surface area (Å²) in [4.78, 5) is 24.4. The lowest BCUT2D eigenvalue weighted by molar-refractivity contribution is 0.0921. The Morgan fingerprint density at radius 3 is 1.96 bits per heavy atom. The second-order valence-electron chi connectivity index (χ2n) is 6.28. The molecule has 3 aromatic rings. The quantitative estimate of drug-likeness (QED) is 0.617. The first-order chi connectivity index (χ1) is 13.5. The van der Waals surface area contributed by atoms with Crippen LogP contribution in [0.15, 0.2) is 72.8 Å². The number of rotatable bonds is 7. The van der Waals surface area contributed by atoms with E-state index in [2.05, 4.69) is 5.32 Å². The maximum atomic E-state index is 12.2. The van der Waals surface area contributed by atoms with E-state index >= 15 is 0 Å². The van der Waals surface area contributed by atoms with Crippen LogP contribution in [-0.4, -0.2) is 25.4 Å². The van der Waals surface area contributed by atoms with E-state index in [0.29, 0.717) is 28.3 Å². The molecule has 142 valence electrons. The fourth-order valence-corrected chi connectivity index (χ4v) is 2.55. The van der Waals surface area contributed by atoms with Gasteiger partial charge < -0.3 is 14.8 Å². The van der Waals surface area contributed by atoms with Crippen LogP contribution in [0.2, 0.25) is 0 Å². The molecule has 0 bridgehead atoms. The normalized spacial score (nSPS) is 10.2. The molecular formula is C23H21NO4. The Labute approximate surface area is 163 Å². The van der Waals surface area contributed by atoms with E-state index in [9.17, 15) is 9.59 Å². The molecule has 0 unspecified atom stereocenters. The van der Waals surface area contributed by atoms with E-state index in [4.69, 9.17) is 9.47 Å². The zero-order valence-corrected chi connectivity index (χ0v) is 15.8. The van der Waals surface area contributed by atoms with Crippen molar-refractivity contribution in [2.45, 2.75) is 6.92 Å². The molecule has 1 N–H and O–H groups in total. The lowest BCUT2D eigenvalue weighted by Gasteiger charge is -2.09. The van der Waals surface area contributed by atoms with Gasteiger partial charge >= 0.3 is 0 Å². The van der Waals surface area contributed by atoms with E-state index in [-0.39, 0.29) is 18.3 Å². The number of aryl methyl sites for hydroxylation is 1. The predicted molar refractivity (Wildman–Crippen MR) is 108 cm³/mol. The highest BCUT2D eigenvalue weighted by Crippen LogP contribution is 2.18. The smallest absolute Gasteiger partial charge is 0.255 e. The van der Waals surface area contributed by atoms with Gasteiger partial charge in [-0.3, -0.25) is 9.59 Å². The number of Topliss-reactive ketones (excluding diaryl/α,β-unsaturated/α-hetero) is 1. The molecule has 0 saturated carbocycles. The first-order valence-electron chi connectivity index (χ1n) is 8.83. The fourth-order valence-electron chi connectivity index (χ4n) is 2.55. The number of amides is 1. The number of anilines is 1. The van der Waals surface area contributed by atoms with Gasteiger partial charge in [0, 0.05) is 16.8 Å². The minimum Gasteiger partial charge on any atom is -0.497 e. The molecular weight excluding hydrogens is 354 g/mol. The number of ketones is 1. The van der Waals surface area contributed by atoms with E-state index < -0.39 is 0 Å². The molecule has 0 spiro atoms. The van der Waals surface area contributed by atoms with Gasteiger partial charge in [0.15, 0.2) is 12.4 Å². The summed E-state index contributed by atoms with van der Waals surface area (Å²) in [5.74, 6) is 0.943. The van der Waals surface area contributed by atoms with Crippen LogP contribution in [0.5, 0.6) is 11.5 Å². The van der Waals surface area contributed by atoms with Gasteiger partial charge in [0.1, 0.15) is 11.5 Å². The molecule has 0 aliphatic heterocycles. The first-order valence-corrected chi connectivity index (χ1v) is 8.83. The Bertz CT molecular complexity index is 945. The number of carbonyl (C=O) groups excluding carboxylic acids is 2. The molecule has 0 aromatic heterocycles. The Hall–Kier alpha value is -3.60. The van der Waals surface area contributed by atoms with E-state index in [1.165, 1.54) is 0 Å². The van der Waals surface area contributed by atoms with E-state index in [1.54, 1.807) is 67.8 Å². The summed E-state index contributed by atoms with van der Waals surface area (Å²) in [5.41, 5.74) is 2.90. The van der Waals surface area contributed by atoms with Crippen molar-refractivity contribution >= 4 is 17.4 Å². The number of hydrogen-bond donors (Lipinski definition) is 1. The molecule has 5 nitrogen and oxygen atoms in total. The van der Waals surface area contributed by atoms with Crippen LogP contribution in [0.3, 0.4) is 0 Å². The van der Waals surface area contributed by atoms with Gasteiger partial charge in [0.25, 0.3) is 5.91 Å². The molecule has 0 saturated heterocycles. The largest absolute Gasteiger partial charge is 0.497 e. The van der Waals surface area contributed by atoms with Gasteiger partial charge in [-0.25, -0.2) is 0 Å². The third kappa shape index (κ3) is 4.98. The highest BCUT2D eigenvalue weighted by atomic mass is 16.5. The highest BCUT2D eigenvalue weighted by molar-refractivity contribution is 6.04. The maximum absolute atomic E-state index is 12.2. The summed E-state index contributed by atoms with van der Waals surface area (Å²) >= 11 is 0. The van der Waals surface area contributed by atoms with Gasteiger partial charge in [-0.05, 0) is 67.6 Å². The van der Waals surface area contributed by atoms with Crippen molar-refractivity contribution in [3.63, 3.8) is 0 Å². The van der Waals surface area contributed by atoms with Gasteiger partial charge in [0.05, 0.1) is 7.11 Å². The monoisotopic (exact) mass is 375 g/mol. The van der Waals surface area contributed by atoms with Gasteiger partial charge in [-0.15, -0.1) is 0 Å². The number of benzene rings is 3. The third-order valence-corrected chi connectivity index (χ3v) is 4.21. The summed E-state index contributed by atoms with van der Waals surface area (Å²) in [6.07, 6.45) is 0. The number of nitrogens with one attached hydrogen (secondary N) is 1. The van der Waals surface area contributed by atoms with Crippen LogP contribution in [0.1, 0.15) is 26.3 Å². The Balaban J connectivity index is 1.54. The van der Waals surface area contributed by atoms with Crippen LogP contribution in [0.25, 0.3) is 0 Å². The molecule has 0 aliphatic carbocycles. The average molecular weight is 375 g/mol. The fraction of sp³-hybridized carbons (Fsp3) is 0.130. The van der Waals surface area contributed by atoms with Gasteiger partial charge in [-0.1, -0.05) is 17.7 Å². The lowest BCUT2D eigenvalue weighted by atomic mass is 10.1. The van der Waals surface area contributed by atoms with Gasteiger partial charge in [-0.2, -0.15) is 0 Å². The summed E-state index contributed by atoms with van der Waals surface area (Å²) in [6.45, 7) is 1.90. The van der Waals surface area contributed by atoms with Crippen molar-refractivity contribution in [2.24, 2.45) is 0 Å². The van der Waals surface area contributed by atoms with Gasteiger partial charge in [0.2, 0.25) is 0 Å². The second kappa shape index (κ2) is 8.86. The SMILES string of the molecule is COc1ccc(C(=O)COc2ccc(NC(=O)c3ccc(C)cc3)cc2)cc1. The summed E-state index contributed by atoms with van der Waals surface area (Å²) in [7, 11) is 1.58. The zero-order chi connectivity index (χ0) is 19.9. The Morgan fingerprint density at radius 2 is 1.36 bits per heavy atom. The standard InChI is InChI=1S/C23H21NO4/c1-16-3-5-18(6-4-16)23(26)24-19-9-13-21(14-10-19)28-15-22(25)17-7-11-20(27-2)12-8-17/h3-14H,15H2,1-2H3,(H,24,26). The minimum absolute atomic E-state index is 0.0681. The lowest BCUT2D eigenvalue weighted by Crippen LogP contribution is -2.12. The Morgan fingerprint density at radius 1 is 0.786 bits per heavy atom. The Kier molecular flexibility index (Phi) is 6.07. The number of hydrogen-bond acceptors (Lipinski definition) is 4. The highest BCUT2D eigenvalue weighted by Gasteiger charge is 2.08. The summed E-state index contributed by atoms with van der Waals surface area (Å²) in [5, 5.41) is 2.83. The van der Waals surface area contributed by atoms with Crippen molar-refractivity contribution in [2.75, 3.05) is 19.0 Å². The first kappa shape index (κ1) is 19.2. The predicted octanol–water partition coefficient (Wildman–Crippen LogP) is 4.52. The molecule has 3 rings (SSSR count). The molecule has 5 heteroatoms. The van der Waals surface area contributed by atoms with Crippen LogP contribution < -0.4 is 14.8 Å². The molecule has 0 aliphatic rings. The van der Waals surface area contributed by atoms with Crippen LogP contribution in [-0.2, 0) is 0 Å². The molecule has 0 atom stereocenters. The van der Waals surface area contributed by atoms with E-state index in [0.717, 1.165) is 5.56 Å². The number of carbonyl (C=O) groups is 2.